The molecule has 1 aromatic carbocycles. The van der Waals surface area contributed by atoms with E-state index < -0.39 is 17.7 Å². The molecular formula is C17H16BrFN2O4. The molecule has 0 spiro atoms. The maximum atomic E-state index is 13.8. The van der Waals surface area contributed by atoms with Crippen LogP contribution in [0.3, 0.4) is 0 Å². The van der Waals surface area contributed by atoms with Gasteiger partial charge in [-0.25, -0.2) is 9.18 Å². The lowest BCUT2D eigenvalue weighted by Crippen LogP contribution is -2.17. The van der Waals surface area contributed by atoms with Crippen LogP contribution in [-0.2, 0) is 16.0 Å². The minimum Gasteiger partial charge on any atom is -0.465 e. The summed E-state index contributed by atoms with van der Waals surface area (Å²) in [5.74, 6) is -2.06. The van der Waals surface area contributed by atoms with E-state index in [2.05, 4.69) is 26.2 Å². The first-order chi connectivity index (χ1) is 11.7. The maximum Gasteiger partial charge on any atom is 0.339 e. The van der Waals surface area contributed by atoms with Crippen LogP contribution >= 0.6 is 15.9 Å². The van der Waals surface area contributed by atoms with Crippen molar-refractivity contribution in [2.24, 2.45) is 0 Å². The molecule has 0 aliphatic heterocycles. The van der Waals surface area contributed by atoms with Gasteiger partial charge < -0.3 is 15.0 Å². The molecule has 6 nitrogen and oxygen atoms in total. The number of benzene rings is 1. The van der Waals surface area contributed by atoms with E-state index in [1.54, 1.807) is 13.0 Å². The molecule has 132 valence electrons. The minimum atomic E-state index is -0.654. The highest BCUT2D eigenvalue weighted by atomic mass is 79.9. The Bertz CT molecular complexity index is 861. The lowest BCUT2D eigenvalue weighted by Gasteiger charge is -2.07. The smallest absolute Gasteiger partial charge is 0.339 e. The van der Waals surface area contributed by atoms with Crippen molar-refractivity contribution >= 4 is 39.3 Å². The molecule has 0 saturated heterocycles. The van der Waals surface area contributed by atoms with E-state index in [-0.39, 0.29) is 34.8 Å². The number of aromatic amines is 1. The molecule has 0 fully saturated rings. The number of esters is 1. The maximum absolute atomic E-state index is 13.8. The first-order valence-electron chi connectivity index (χ1n) is 7.30. The van der Waals surface area contributed by atoms with Gasteiger partial charge in [-0.2, -0.15) is 0 Å². The number of halogens is 2. The second-order valence-electron chi connectivity index (χ2n) is 5.38. The molecule has 0 saturated carbocycles. The quantitative estimate of drug-likeness (QED) is 0.583. The fraction of sp³-hybridized carbons (Fsp3) is 0.235. The van der Waals surface area contributed by atoms with E-state index in [1.807, 2.05) is 0 Å². The van der Waals surface area contributed by atoms with Crippen LogP contribution in [0.4, 0.5) is 10.1 Å². The van der Waals surface area contributed by atoms with Crippen LogP contribution in [0.5, 0.6) is 0 Å². The van der Waals surface area contributed by atoms with Crippen LogP contribution in [-0.4, -0.2) is 29.8 Å². The molecule has 0 unspecified atom stereocenters. The van der Waals surface area contributed by atoms with Crippen molar-refractivity contribution in [1.82, 2.24) is 4.98 Å². The Hall–Kier alpha value is -2.48. The Morgan fingerprint density at radius 3 is 2.56 bits per heavy atom. The highest BCUT2D eigenvalue weighted by Gasteiger charge is 2.24. The molecule has 2 N–H and O–H groups in total. The molecule has 2 rings (SSSR count). The molecule has 1 aromatic heterocycles. The van der Waals surface area contributed by atoms with Gasteiger partial charge in [-0.1, -0.05) is 15.9 Å². The predicted molar refractivity (Wildman–Crippen MR) is 93.3 cm³/mol. The molecule has 0 atom stereocenters. The van der Waals surface area contributed by atoms with Crippen molar-refractivity contribution in [3.8, 4) is 0 Å². The summed E-state index contributed by atoms with van der Waals surface area (Å²) in [6.45, 7) is 2.94. The van der Waals surface area contributed by atoms with Crippen molar-refractivity contribution in [3.63, 3.8) is 0 Å². The number of rotatable bonds is 5. The average Bonchev–Trinajstić information content (AvgIpc) is 2.86. The largest absolute Gasteiger partial charge is 0.465 e. The number of carbonyl (C=O) groups excluding carboxylic acids is 3. The molecule has 0 bridgehead atoms. The van der Waals surface area contributed by atoms with Gasteiger partial charge in [0.05, 0.1) is 30.5 Å². The number of carbonyl (C=O) groups is 3. The van der Waals surface area contributed by atoms with Crippen molar-refractivity contribution < 1.29 is 23.5 Å². The highest BCUT2D eigenvalue weighted by molar-refractivity contribution is 9.10. The number of H-pyrrole nitrogens is 1. The summed E-state index contributed by atoms with van der Waals surface area (Å²) in [5, 5.41) is 2.44. The van der Waals surface area contributed by atoms with E-state index in [0.29, 0.717) is 10.0 Å². The van der Waals surface area contributed by atoms with E-state index in [9.17, 15) is 18.8 Å². The number of amides is 1. The van der Waals surface area contributed by atoms with Gasteiger partial charge in [0.25, 0.3) is 0 Å². The topological polar surface area (TPSA) is 88.3 Å². The second kappa shape index (κ2) is 7.60. The third-order valence-electron chi connectivity index (χ3n) is 3.61. The zero-order chi connectivity index (χ0) is 18.7. The Morgan fingerprint density at radius 2 is 2.00 bits per heavy atom. The molecule has 0 aliphatic rings. The number of hydrogen-bond donors (Lipinski definition) is 2. The summed E-state index contributed by atoms with van der Waals surface area (Å²) in [4.78, 5) is 38.6. The third-order valence-corrected chi connectivity index (χ3v) is 4.11. The summed E-state index contributed by atoms with van der Waals surface area (Å²) in [6.07, 6.45) is -0.242. The van der Waals surface area contributed by atoms with Crippen molar-refractivity contribution in [3.05, 3.63) is 51.0 Å². The number of ether oxygens (including phenoxy) is 1. The van der Waals surface area contributed by atoms with E-state index in [1.165, 1.54) is 26.2 Å². The Kier molecular flexibility index (Phi) is 5.73. The number of hydrogen-bond acceptors (Lipinski definition) is 4. The Morgan fingerprint density at radius 1 is 1.32 bits per heavy atom. The van der Waals surface area contributed by atoms with Gasteiger partial charge in [-0.3, -0.25) is 9.59 Å². The normalized spacial score (nSPS) is 10.4. The minimum absolute atomic E-state index is 0.0166. The standard InChI is InChI=1S/C17H16BrFN2O4/c1-8-15(17(24)25-3)13(21-16(8)9(2)22)7-14(23)20-12-5-4-10(18)6-11(12)19/h4-6,21H,7H2,1-3H3,(H,20,23). The summed E-state index contributed by atoms with van der Waals surface area (Å²) < 4.78 is 19.1. The van der Waals surface area contributed by atoms with Gasteiger partial charge in [0.1, 0.15) is 5.82 Å². The van der Waals surface area contributed by atoms with Gasteiger partial charge in [-0.05, 0) is 30.7 Å². The number of aromatic nitrogens is 1. The lowest BCUT2D eigenvalue weighted by atomic mass is 10.1. The van der Waals surface area contributed by atoms with Crippen LogP contribution in [0.2, 0.25) is 0 Å². The van der Waals surface area contributed by atoms with E-state index >= 15 is 0 Å². The van der Waals surface area contributed by atoms with Gasteiger partial charge in [0, 0.05) is 17.1 Å². The first kappa shape index (κ1) is 18.9. The van der Waals surface area contributed by atoms with Gasteiger partial charge in [-0.15, -0.1) is 0 Å². The van der Waals surface area contributed by atoms with E-state index in [4.69, 9.17) is 4.74 Å². The molecular weight excluding hydrogens is 395 g/mol. The van der Waals surface area contributed by atoms with Crippen molar-refractivity contribution in [2.45, 2.75) is 20.3 Å². The summed E-state index contributed by atoms with van der Waals surface area (Å²) >= 11 is 3.13. The van der Waals surface area contributed by atoms with Crippen LogP contribution in [0.1, 0.15) is 39.0 Å². The summed E-state index contributed by atoms with van der Waals surface area (Å²) in [5.41, 5.74) is 1.04. The first-order valence-corrected chi connectivity index (χ1v) is 8.09. The van der Waals surface area contributed by atoms with Gasteiger partial charge in [0.2, 0.25) is 5.91 Å². The summed E-state index contributed by atoms with van der Waals surface area (Å²) in [6, 6.07) is 4.23. The molecule has 0 aliphatic carbocycles. The van der Waals surface area contributed by atoms with Crippen LogP contribution < -0.4 is 5.32 Å². The summed E-state index contributed by atoms with van der Waals surface area (Å²) in [7, 11) is 1.21. The molecule has 1 heterocycles. The van der Waals surface area contributed by atoms with Crippen LogP contribution in [0, 0.1) is 12.7 Å². The zero-order valence-corrected chi connectivity index (χ0v) is 15.4. The average molecular weight is 411 g/mol. The second-order valence-corrected chi connectivity index (χ2v) is 6.29. The molecule has 8 heteroatoms. The number of ketones is 1. The third kappa shape index (κ3) is 4.14. The SMILES string of the molecule is COC(=O)c1c(CC(=O)Nc2ccc(Br)cc2F)[nH]c(C(C)=O)c1C. The number of Topliss-reactive ketones (excluding diaryl/α,β-unsaturated/α-hetero) is 1. The van der Waals surface area contributed by atoms with Crippen molar-refractivity contribution in [1.29, 1.82) is 0 Å². The molecule has 25 heavy (non-hydrogen) atoms. The predicted octanol–water partition coefficient (Wildman–Crippen LogP) is 3.40. The van der Waals surface area contributed by atoms with E-state index in [0.717, 1.165) is 0 Å². The fourth-order valence-corrected chi connectivity index (χ4v) is 2.80. The fourth-order valence-electron chi connectivity index (χ4n) is 2.47. The zero-order valence-electron chi connectivity index (χ0n) is 13.8. The Labute approximate surface area is 151 Å². The molecule has 0 radical (unpaired) electrons. The van der Waals surface area contributed by atoms with Crippen LogP contribution in [0.15, 0.2) is 22.7 Å². The molecule has 2 aromatic rings. The number of anilines is 1. The van der Waals surface area contributed by atoms with Crippen LogP contribution in [0.25, 0.3) is 0 Å². The highest BCUT2D eigenvalue weighted by Crippen LogP contribution is 2.22. The number of methoxy groups -OCH3 is 1. The van der Waals surface area contributed by atoms with Crippen molar-refractivity contribution in [2.75, 3.05) is 12.4 Å². The number of nitrogens with one attached hydrogen (secondary N) is 2. The lowest BCUT2D eigenvalue weighted by molar-refractivity contribution is -0.115. The van der Waals surface area contributed by atoms with Gasteiger partial charge in [0.15, 0.2) is 5.78 Å². The van der Waals surface area contributed by atoms with Gasteiger partial charge >= 0.3 is 5.97 Å². The molecule has 1 amide bonds. The Balaban J connectivity index is 2.29. The monoisotopic (exact) mass is 410 g/mol.